The van der Waals surface area contributed by atoms with Crippen LogP contribution >= 0.6 is 11.3 Å². The third-order valence-electron chi connectivity index (χ3n) is 2.13. The first-order valence-corrected chi connectivity index (χ1v) is 6.19. The third kappa shape index (κ3) is 4.80. The molecule has 17 heavy (non-hydrogen) atoms. The van der Waals surface area contributed by atoms with Crippen molar-refractivity contribution in [2.45, 2.75) is 19.4 Å². The van der Waals surface area contributed by atoms with E-state index in [-0.39, 0.29) is 12.5 Å². The first-order chi connectivity index (χ1) is 7.80. The van der Waals surface area contributed by atoms with Crippen molar-refractivity contribution in [1.82, 2.24) is 15.2 Å². The van der Waals surface area contributed by atoms with Gasteiger partial charge < -0.3 is 15.3 Å². The molecule has 0 aromatic carbocycles. The molecule has 1 rings (SSSR count). The molecule has 1 atom stereocenters. The minimum atomic E-state index is -0.932. The maximum Gasteiger partial charge on any atom is 0.263 e. The van der Waals surface area contributed by atoms with Gasteiger partial charge in [0.15, 0.2) is 0 Å². The second kappa shape index (κ2) is 5.57. The number of carbonyl (C=O) groups is 1. The van der Waals surface area contributed by atoms with Crippen molar-refractivity contribution in [3.63, 3.8) is 0 Å². The summed E-state index contributed by atoms with van der Waals surface area (Å²) in [6.07, 6.45) is 1.55. The number of nitrogens with zero attached hydrogens (tertiary/aromatic N) is 2. The van der Waals surface area contributed by atoms with Gasteiger partial charge in [0.1, 0.15) is 4.88 Å². The molecule has 2 N–H and O–H groups in total. The molecule has 1 aromatic rings. The number of amides is 1. The van der Waals surface area contributed by atoms with Crippen molar-refractivity contribution in [3.8, 4) is 0 Å². The van der Waals surface area contributed by atoms with Gasteiger partial charge in [-0.15, -0.1) is 11.3 Å². The minimum Gasteiger partial charge on any atom is -0.387 e. The van der Waals surface area contributed by atoms with E-state index in [4.69, 9.17) is 0 Å². The number of rotatable bonds is 5. The SMILES string of the molecule is Cc1ncc(C(=O)NCC(C)(O)CN(C)C)s1. The van der Waals surface area contributed by atoms with E-state index >= 15 is 0 Å². The summed E-state index contributed by atoms with van der Waals surface area (Å²) in [5.41, 5.74) is -0.932. The molecule has 0 aliphatic carbocycles. The van der Waals surface area contributed by atoms with Crippen LogP contribution in [0, 0.1) is 6.92 Å². The summed E-state index contributed by atoms with van der Waals surface area (Å²) in [7, 11) is 3.76. The zero-order valence-corrected chi connectivity index (χ0v) is 11.5. The van der Waals surface area contributed by atoms with Crippen LogP contribution in [0.1, 0.15) is 21.6 Å². The Kier molecular flexibility index (Phi) is 4.62. The molecule has 0 bridgehead atoms. The van der Waals surface area contributed by atoms with Crippen LogP contribution in [0.5, 0.6) is 0 Å². The van der Waals surface area contributed by atoms with Gasteiger partial charge in [-0.25, -0.2) is 4.98 Å². The van der Waals surface area contributed by atoms with Crippen LogP contribution < -0.4 is 5.32 Å². The van der Waals surface area contributed by atoms with Gasteiger partial charge in [-0.05, 0) is 27.9 Å². The van der Waals surface area contributed by atoms with Crippen LogP contribution in [0.2, 0.25) is 0 Å². The quantitative estimate of drug-likeness (QED) is 0.806. The largest absolute Gasteiger partial charge is 0.387 e. The number of hydrogen-bond donors (Lipinski definition) is 2. The predicted octanol–water partition coefficient (Wildman–Crippen LogP) is 0.494. The van der Waals surface area contributed by atoms with Gasteiger partial charge in [-0.2, -0.15) is 0 Å². The Balaban J connectivity index is 2.48. The number of aryl methyl sites for hydroxylation is 1. The maximum atomic E-state index is 11.7. The van der Waals surface area contributed by atoms with E-state index in [1.165, 1.54) is 11.3 Å². The first kappa shape index (κ1) is 14.1. The highest BCUT2D eigenvalue weighted by Gasteiger charge is 2.22. The van der Waals surface area contributed by atoms with Crippen molar-refractivity contribution in [3.05, 3.63) is 16.1 Å². The predicted molar refractivity (Wildman–Crippen MR) is 68.4 cm³/mol. The molecular weight excluding hydrogens is 238 g/mol. The summed E-state index contributed by atoms with van der Waals surface area (Å²) >= 11 is 1.35. The summed E-state index contributed by atoms with van der Waals surface area (Å²) < 4.78 is 0. The Morgan fingerprint density at radius 3 is 2.76 bits per heavy atom. The molecule has 1 unspecified atom stereocenters. The molecule has 0 radical (unpaired) electrons. The summed E-state index contributed by atoms with van der Waals surface area (Å²) in [5, 5.41) is 13.6. The lowest BCUT2D eigenvalue weighted by Gasteiger charge is -2.26. The van der Waals surface area contributed by atoms with E-state index in [0.29, 0.717) is 11.4 Å². The number of nitrogens with one attached hydrogen (secondary N) is 1. The highest BCUT2D eigenvalue weighted by Crippen LogP contribution is 2.11. The second-order valence-electron chi connectivity index (χ2n) is 4.66. The van der Waals surface area contributed by atoms with Gasteiger partial charge in [0, 0.05) is 13.1 Å². The fourth-order valence-corrected chi connectivity index (χ4v) is 2.26. The lowest BCUT2D eigenvalue weighted by molar-refractivity contribution is 0.0326. The smallest absolute Gasteiger partial charge is 0.263 e. The Hall–Kier alpha value is -0.980. The fourth-order valence-electron chi connectivity index (χ4n) is 1.56. The molecule has 0 spiro atoms. The lowest BCUT2D eigenvalue weighted by atomic mass is 10.1. The Morgan fingerprint density at radius 1 is 1.65 bits per heavy atom. The fraction of sp³-hybridized carbons (Fsp3) is 0.636. The molecule has 6 heteroatoms. The van der Waals surface area contributed by atoms with E-state index in [2.05, 4.69) is 10.3 Å². The Bertz CT molecular complexity index is 388. The third-order valence-corrected chi connectivity index (χ3v) is 3.04. The van der Waals surface area contributed by atoms with Crippen molar-refractivity contribution in [1.29, 1.82) is 0 Å². The van der Waals surface area contributed by atoms with E-state index in [1.807, 2.05) is 25.9 Å². The van der Waals surface area contributed by atoms with E-state index in [9.17, 15) is 9.90 Å². The summed E-state index contributed by atoms with van der Waals surface area (Å²) in [5.74, 6) is -0.186. The number of likely N-dealkylation sites (N-methyl/N-ethyl adjacent to an activating group) is 1. The summed E-state index contributed by atoms with van der Waals surface area (Å²) in [4.78, 5) is 18.2. The van der Waals surface area contributed by atoms with E-state index in [0.717, 1.165) is 5.01 Å². The molecule has 96 valence electrons. The summed E-state index contributed by atoms with van der Waals surface area (Å²) in [6, 6.07) is 0. The minimum absolute atomic E-state index is 0.186. The van der Waals surface area contributed by atoms with Crippen molar-refractivity contribution < 1.29 is 9.90 Å². The average molecular weight is 257 g/mol. The number of thiazole rings is 1. The number of aromatic nitrogens is 1. The highest BCUT2D eigenvalue weighted by molar-refractivity contribution is 7.13. The van der Waals surface area contributed by atoms with Crippen LogP contribution in [0.3, 0.4) is 0 Å². The Labute approximate surface area is 105 Å². The zero-order valence-electron chi connectivity index (χ0n) is 10.6. The standard InChI is InChI=1S/C11H19N3O2S/c1-8-12-5-9(17-8)10(15)13-6-11(2,16)7-14(3)4/h5,16H,6-7H2,1-4H3,(H,13,15). The van der Waals surface area contributed by atoms with Gasteiger partial charge in [0.25, 0.3) is 5.91 Å². The van der Waals surface area contributed by atoms with Crippen LogP contribution in [0.15, 0.2) is 6.20 Å². The van der Waals surface area contributed by atoms with E-state index < -0.39 is 5.60 Å². The molecule has 0 aliphatic rings. The van der Waals surface area contributed by atoms with Crippen molar-refractivity contribution in [2.24, 2.45) is 0 Å². The van der Waals surface area contributed by atoms with E-state index in [1.54, 1.807) is 13.1 Å². The molecule has 1 aromatic heterocycles. The Morgan fingerprint density at radius 2 is 2.29 bits per heavy atom. The van der Waals surface area contributed by atoms with Crippen molar-refractivity contribution >= 4 is 17.2 Å². The molecule has 1 amide bonds. The lowest BCUT2D eigenvalue weighted by Crippen LogP contribution is -2.47. The monoisotopic (exact) mass is 257 g/mol. The number of aliphatic hydroxyl groups is 1. The van der Waals surface area contributed by atoms with Crippen molar-refractivity contribution in [2.75, 3.05) is 27.2 Å². The molecule has 0 saturated carbocycles. The van der Waals surface area contributed by atoms with Crippen LogP contribution in [-0.2, 0) is 0 Å². The van der Waals surface area contributed by atoms with Gasteiger partial charge in [-0.3, -0.25) is 4.79 Å². The average Bonchev–Trinajstić information content (AvgIpc) is 2.59. The molecule has 5 nitrogen and oxygen atoms in total. The van der Waals surface area contributed by atoms with Crippen LogP contribution in [-0.4, -0.2) is 53.7 Å². The second-order valence-corrected chi connectivity index (χ2v) is 5.90. The molecule has 0 aliphatic heterocycles. The summed E-state index contributed by atoms with van der Waals surface area (Å²) in [6.45, 7) is 4.27. The van der Waals surface area contributed by atoms with Gasteiger partial charge in [-0.1, -0.05) is 0 Å². The molecule has 0 saturated heterocycles. The van der Waals surface area contributed by atoms with Crippen LogP contribution in [0.4, 0.5) is 0 Å². The molecular formula is C11H19N3O2S. The van der Waals surface area contributed by atoms with Gasteiger partial charge >= 0.3 is 0 Å². The first-order valence-electron chi connectivity index (χ1n) is 5.38. The van der Waals surface area contributed by atoms with Crippen LogP contribution in [0.25, 0.3) is 0 Å². The van der Waals surface area contributed by atoms with Gasteiger partial charge in [0.05, 0.1) is 16.8 Å². The topological polar surface area (TPSA) is 65.5 Å². The zero-order chi connectivity index (χ0) is 13.1. The maximum absolute atomic E-state index is 11.7. The highest BCUT2D eigenvalue weighted by atomic mass is 32.1. The normalized spacial score (nSPS) is 14.7. The molecule has 1 heterocycles. The number of carbonyl (C=O) groups excluding carboxylic acids is 1. The van der Waals surface area contributed by atoms with Gasteiger partial charge in [0.2, 0.25) is 0 Å². The molecule has 0 fully saturated rings. The number of hydrogen-bond acceptors (Lipinski definition) is 5.